The van der Waals surface area contributed by atoms with Crippen molar-refractivity contribution < 1.29 is 4.74 Å². The Balaban J connectivity index is 2.23. The van der Waals surface area contributed by atoms with Crippen molar-refractivity contribution >= 4 is 23.2 Å². The summed E-state index contributed by atoms with van der Waals surface area (Å²) < 4.78 is 5.80. The predicted molar refractivity (Wildman–Crippen MR) is 86.3 cm³/mol. The van der Waals surface area contributed by atoms with E-state index in [1.54, 1.807) is 0 Å². The van der Waals surface area contributed by atoms with Crippen molar-refractivity contribution in [3.05, 3.63) is 51.4 Å². The van der Waals surface area contributed by atoms with Crippen LogP contribution in [0.3, 0.4) is 0 Å². The summed E-state index contributed by atoms with van der Waals surface area (Å²) in [6.07, 6.45) is 0. The average Bonchev–Trinajstić information content (AvgIpc) is 2.41. The number of benzene rings is 1. The van der Waals surface area contributed by atoms with Crippen LogP contribution in [0.25, 0.3) is 0 Å². The van der Waals surface area contributed by atoms with Crippen LogP contribution in [0.2, 0.25) is 10.2 Å². The lowest BCUT2D eigenvalue weighted by molar-refractivity contribution is 0.287. The lowest BCUT2D eigenvalue weighted by Crippen LogP contribution is -2.17. The quantitative estimate of drug-likeness (QED) is 0.748. The number of hydrogen-bond donors (Lipinski definition) is 0. The molecule has 3 nitrogen and oxygen atoms in total. The normalized spacial score (nSPS) is 11.5. The molecule has 0 aliphatic heterocycles. The van der Waals surface area contributed by atoms with Gasteiger partial charge in [-0.1, -0.05) is 56.1 Å². The van der Waals surface area contributed by atoms with Crippen LogP contribution in [-0.2, 0) is 12.0 Å². The maximum atomic E-state index is 6.18. The highest BCUT2D eigenvalue weighted by Gasteiger charge is 2.21. The van der Waals surface area contributed by atoms with Crippen LogP contribution in [0.1, 0.15) is 37.7 Å². The van der Waals surface area contributed by atoms with Crippen LogP contribution in [0.15, 0.2) is 24.3 Å². The van der Waals surface area contributed by atoms with E-state index in [1.165, 1.54) is 0 Å². The molecule has 0 bridgehead atoms. The first-order valence-corrected chi connectivity index (χ1v) is 7.45. The van der Waals surface area contributed by atoms with Crippen LogP contribution in [0, 0.1) is 6.92 Å². The summed E-state index contributed by atoms with van der Waals surface area (Å²) in [5.41, 5.74) is 1.58. The minimum absolute atomic E-state index is 0.185. The van der Waals surface area contributed by atoms with E-state index in [1.807, 2.05) is 52.0 Å². The first-order chi connectivity index (χ1) is 9.77. The molecule has 0 N–H and O–H groups in total. The van der Waals surface area contributed by atoms with E-state index in [0.29, 0.717) is 28.5 Å². The number of hydrogen-bond acceptors (Lipinski definition) is 3. The van der Waals surface area contributed by atoms with Crippen LogP contribution < -0.4 is 4.74 Å². The topological polar surface area (TPSA) is 35.0 Å². The second-order valence-corrected chi connectivity index (χ2v) is 6.73. The molecule has 0 aliphatic carbocycles. The summed E-state index contributed by atoms with van der Waals surface area (Å²) in [4.78, 5) is 8.82. The number of halogens is 2. The zero-order valence-corrected chi connectivity index (χ0v) is 14.1. The predicted octanol–water partition coefficient (Wildman–Crippen LogP) is 4.97. The van der Waals surface area contributed by atoms with Gasteiger partial charge in [-0.25, -0.2) is 4.98 Å². The smallest absolute Gasteiger partial charge is 0.221 e. The fraction of sp³-hybridized carbons (Fsp3) is 0.375. The highest BCUT2D eigenvalue weighted by molar-refractivity contribution is 6.30. The third kappa shape index (κ3) is 4.08. The summed E-state index contributed by atoms with van der Waals surface area (Å²) in [6.45, 7) is 8.38. The molecule has 1 heterocycles. The van der Waals surface area contributed by atoms with Gasteiger partial charge in [-0.3, -0.25) is 0 Å². The molecule has 0 spiro atoms. The maximum Gasteiger partial charge on any atom is 0.221 e. The Bertz CT molecular complexity index is 634. The SMILES string of the molecule is Cc1c(Cl)nc(C(C)(C)C)nc1OCc1ccc(Cl)cc1. The molecule has 21 heavy (non-hydrogen) atoms. The van der Waals surface area contributed by atoms with Crippen molar-refractivity contribution in [2.45, 2.75) is 39.7 Å². The zero-order chi connectivity index (χ0) is 15.6. The first kappa shape index (κ1) is 16.1. The van der Waals surface area contributed by atoms with Gasteiger partial charge in [-0.15, -0.1) is 0 Å². The van der Waals surface area contributed by atoms with Crippen molar-refractivity contribution in [1.82, 2.24) is 9.97 Å². The average molecular weight is 325 g/mol. The molecule has 0 unspecified atom stereocenters. The Morgan fingerprint density at radius 1 is 1.05 bits per heavy atom. The van der Waals surface area contributed by atoms with Crippen LogP contribution >= 0.6 is 23.2 Å². The third-order valence-corrected chi connectivity index (χ3v) is 3.62. The molecule has 0 fully saturated rings. The summed E-state index contributed by atoms with van der Waals surface area (Å²) in [5, 5.41) is 1.14. The van der Waals surface area contributed by atoms with E-state index >= 15 is 0 Å². The van der Waals surface area contributed by atoms with Gasteiger partial charge in [0.1, 0.15) is 17.6 Å². The maximum absolute atomic E-state index is 6.18. The van der Waals surface area contributed by atoms with Crippen molar-refractivity contribution in [2.75, 3.05) is 0 Å². The van der Waals surface area contributed by atoms with Crippen molar-refractivity contribution in [2.24, 2.45) is 0 Å². The molecule has 5 heteroatoms. The van der Waals surface area contributed by atoms with E-state index < -0.39 is 0 Å². The third-order valence-electron chi connectivity index (χ3n) is 3.00. The Labute approximate surface area is 135 Å². The van der Waals surface area contributed by atoms with Crippen molar-refractivity contribution in [3.63, 3.8) is 0 Å². The zero-order valence-electron chi connectivity index (χ0n) is 12.6. The lowest BCUT2D eigenvalue weighted by Gasteiger charge is -2.19. The van der Waals surface area contributed by atoms with Crippen LogP contribution in [-0.4, -0.2) is 9.97 Å². The van der Waals surface area contributed by atoms with Crippen molar-refractivity contribution in [1.29, 1.82) is 0 Å². The second-order valence-electron chi connectivity index (χ2n) is 5.93. The molecule has 0 radical (unpaired) electrons. The van der Waals surface area contributed by atoms with E-state index in [2.05, 4.69) is 9.97 Å². The van der Waals surface area contributed by atoms with Gasteiger partial charge >= 0.3 is 0 Å². The van der Waals surface area contributed by atoms with Gasteiger partial charge in [0.05, 0.1) is 0 Å². The summed E-state index contributed by atoms with van der Waals surface area (Å²) in [5.74, 6) is 1.19. The van der Waals surface area contributed by atoms with Gasteiger partial charge in [0.25, 0.3) is 0 Å². The molecule has 112 valence electrons. The van der Waals surface area contributed by atoms with Gasteiger partial charge < -0.3 is 4.74 Å². The molecular weight excluding hydrogens is 307 g/mol. The monoisotopic (exact) mass is 324 g/mol. The number of nitrogens with zero attached hydrogens (tertiary/aromatic N) is 2. The largest absolute Gasteiger partial charge is 0.472 e. The van der Waals surface area contributed by atoms with Gasteiger partial charge in [0.15, 0.2) is 0 Å². The first-order valence-electron chi connectivity index (χ1n) is 6.69. The molecule has 1 aromatic heterocycles. The van der Waals surface area contributed by atoms with Gasteiger partial charge in [0, 0.05) is 16.0 Å². The standard InChI is InChI=1S/C16H18Cl2N2O/c1-10-13(18)19-15(16(2,3)4)20-14(10)21-9-11-5-7-12(17)8-6-11/h5-8H,9H2,1-4H3. The molecule has 0 aliphatic rings. The van der Waals surface area contributed by atoms with E-state index in [-0.39, 0.29) is 5.41 Å². The minimum atomic E-state index is -0.185. The van der Waals surface area contributed by atoms with Crippen molar-refractivity contribution in [3.8, 4) is 5.88 Å². The highest BCUT2D eigenvalue weighted by atomic mass is 35.5. The summed E-state index contributed by atoms with van der Waals surface area (Å²) in [7, 11) is 0. The summed E-state index contributed by atoms with van der Waals surface area (Å²) in [6, 6.07) is 7.51. The molecular formula is C16H18Cl2N2O. The Hall–Kier alpha value is -1.32. The highest BCUT2D eigenvalue weighted by Crippen LogP contribution is 2.27. The van der Waals surface area contributed by atoms with Crippen LogP contribution in [0.4, 0.5) is 0 Å². The van der Waals surface area contributed by atoms with Gasteiger partial charge in [0.2, 0.25) is 5.88 Å². The Morgan fingerprint density at radius 3 is 2.24 bits per heavy atom. The second kappa shape index (κ2) is 6.20. The number of rotatable bonds is 3. The molecule has 2 aromatic rings. The Kier molecular flexibility index (Phi) is 4.74. The molecule has 0 saturated heterocycles. The lowest BCUT2D eigenvalue weighted by atomic mass is 9.96. The van der Waals surface area contributed by atoms with E-state index in [0.717, 1.165) is 11.1 Å². The van der Waals surface area contributed by atoms with E-state index in [9.17, 15) is 0 Å². The fourth-order valence-corrected chi connectivity index (χ4v) is 1.97. The summed E-state index contributed by atoms with van der Waals surface area (Å²) >= 11 is 12.0. The number of aromatic nitrogens is 2. The fourth-order valence-electron chi connectivity index (χ4n) is 1.68. The van der Waals surface area contributed by atoms with Gasteiger partial charge in [-0.2, -0.15) is 4.98 Å². The van der Waals surface area contributed by atoms with Gasteiger partial charge in [-0.05, 0) is 24.6 Å². The number of ether oxygens (including phenoxy) is 1. The molecule has 0 saturated carbocycles. The molecule has 2 rings (SSSR count). The Morgan fingerprint density at radius 2 is 1.67 bits per heavy atom. The van der Waals surface area contributed by atoms with E-state index in [4.69, 9.17) is 27.9 Å². The molecule has 0 atom stereocenters. The molecule has 1 aromatic carbocycles. The minimum Gasteiger partial charge on any atom is -0.472 e. The van der Waals surface area contributed by atoms with Crippen LogP contribution in [0.5, 0.6) is 5.88 Å². The molecule has 0 amide bonds.